The van der Waals surface area contributed by atoms with E-state index in [0.29, 0.717) is 12.5 Å². The molecular formula is C15H21Cl2NO. The predicted octanol–water partition coefficient (Wildman–Crippen LogP) is 3.46. The molecule has 5 aliphatic carbocycles. The molecule has 5 fully saturated rings. The number of hydrogen-bond donors (Lipinski definition) is 0. The van der Waals surface area contributed by atoms with Gasteiger partial charge in [-0.05, 0) is 62.2 Å². The van der Waals surface area contributed by atoms with Gasteiger partial charge in [0.05, 0.1) is 5.92 Å². The summed E-state index contributed by atoms with van der Waals surface area (Å²) >= 11 is 12.1. The molecule has 5 rings (SSSR count). The van der Waals surface area contributed by atoms with Crippen molar-refractivity contribution in [2.75, 3.05) is 7.05 Å². The molecule has 5 saturated carbocycles. The second-order valence-electron chi connectivity index (χ2n) is 7.39. The average Bonchev–Trinajstić information content (AvgIpc) is 2.95. The maximum absolute atomic E-state index is 12.5. The van der Waals surface area contributed by atoms with Crippen LogP contribution in [0.3, 0.4) is 0 Å². The van der Waals surface area contributed by atoms with E-state index in [4.69, 9.17) is 23.2 Å². The molecule has 4 bridgehead atoms. The minimum Gasteiger partial charge on any atom is -0.342 e. The minimum atomic E-state index is -0.780. The van der Waals surface area contributed by atoms with E-state index in [-0.39, 0.29) is 11.8 Å². The van der Waals surface area contributed by atoms with Crippen LogP contribution in [0.25, 0.3) is 0 Å². The molecule has 5 aliphatic rings. The summed E-state index contributed by atoms with van der Waals surface area (Å²) in [5, 5.41) is 0. The molecule has 4 heteroatoms. The third-order valence-electron chi connectivity index (χ3n) is 6.10. The van der Waals surface area contributed by atoms with Gasteiger partial charge in [0, 0.05) is 13.1 Å². The Morgan fingerprint density at radius 1 is 1.05 bits per heavy atom. The fraction of sp³-hybridized carbons (Fsp3) is 0.933. The molecule has 1 amide bonds. The zero-order chi connectivity index (χ0) is 13.4. The Morgan fingerprint density at radius 2 is 1.53 bits per heavy atom. The lowest BCUT2D eigenvalue weighted by molar-refractivity contribution is -0.142. The van der Waals surface area contributed by atoms with Gasteiger partial charge in [0.15, 0.2) is 0 Å². The molecular weight excluding hydrogens is 281 g/mol. The van der Waals surface area contributed by atoms with Crippen LogP contribution in [-0.4, -0.2) is 28.2 Å². The van der Waals surface area contributed by atoms with Crippen LogP contribution in [-0.2, 0) is 4.79 Å². The quantitative estimate of drug-likeness (QED) is 0.715. The standard InChI is InChI=1S/C15H21Cl2NO/c1-18(14(19)12-7-15(12,16)17)13-10-3-8-2-9(5-10)6-11(13)4-8/h8-13H,2-7H2,1H3. The van der Waals surface area contributed by atoms with E-state index in [9.17, 15) is 4.79 Å². The van der Waals surface area contributed by atoms with Gasteiger partial charge in [0.2, 0.25) is 5.91 Å². The van der Waals surface area contributed by atoms with Gasteiger partial charge in [0.25, 0.3) is 0 Å². The Hall–Kier alpha value is 0.0500. The number of amides is 1. The fourth-order valence-electron chi connectivity index (χ4n) is 5.40. The van der Waals surface area contributed by atoms with Gasteiger partial charge in [-0.2, -0.15) is 0 Å². The molecule has 0 spiro atoms. The first kappa shape index (κ1) is 12.8. The summed E-state index contributed by atoms with van der Waals surface area (Å²) in [5.41, 5.74) is 0. The van der Waals surface area contributed by atoms with Gasteiger partial charge in [-0.1, -0.05) is 0 Å². The smallest absolute Gasteiger partial charge is 0.228 e. The number of carbonyl (C=O) groups is 1. The normalized spacial score (nSPS) is 49.2. The van der Waals surface area contributed by atoms with Gasteiger partial charge < -0.3 is 4.90 Å². The number of halogens is 2. The second kappa shape index (κ2) is 4.04. The third kappa shape index (κ3) is 1.93. The van der Waals surface area contributed by atoms with Crippen molar-refractivity contribution in [1.82, 2.24) is 4.90 Å². The van der Waals surface area contributed by atoms with Crippen LogP contribution in [0.15, 0.2) is 0 Å². The van der Waals surface area contributed by atoms with Crippen LogP contribution in [0, 0.1) is 29.6 Å². The summed E-state index contributed by atoms with van der Waals surface area (Å²) in [4.78, 5) is 14.5. The van der Waals surface area contributed by atoms with E-state index in [1.807, 2.05) is 11.9 Å². The third-order valence-corrected chi connectivity index (χ3v) is 6.93. The van der Waals surface area contributed by atoms with Crippen molar-refractivity contribution < 1.29 is 4.79 Å². The van der Waals surface area contributed by atoms with Crippen molar-refractivity contribution in [1.29, 1.82) is 0 Å². The highest BCUT2D eigenvalue weighted by Crippen LogP contribution is 2.57. The number of alkyl halides is 2. The highest BCUT2D eigenvalue weighted by molar-refractivity contribution is 6.52. The van der Waals surface area contributed by atoms with Gasteiger partial charge in [-0.15, -0.1) is 23.2 Å². The van der Waals surface area contributed by atoms with Crippen molar-refractivity contribution in [2.45, 2.75) is 48.9 Å². The Labute approximate surface area is 124 Å². The van der Waals surface area contributed by atoms with E-state index in [0.717, 1.165) is 23.7 Å². The molecule has 0 aromatic heterocycles. The summed E-state index contributed by atoms with van der Waals surface area (Å²) in [7, 11) is 1.98. The van der Waals surface area contributed by atoms with Crippen molar-refractivity contribution in [2.24, 2.45) is 29.6 Å². The lowest BCUT2D eigenvalue weighted by Crippen LogP contribution is -2.56. The summed E-state index contributed by atoms with van der Waals surface area (Å²) in [6.45, 7) is 0. The maximum Gasteiger partial charge on any atom is 0.228 e. The Bertz CT molecular complexity index is 394. The summed E-state index contributed by atoms with van der Waals surface area (Å²) in [6, 6.07) is 0.463. The first-order valence-electron chi connectivity index (χ1n) is 7.60. The average molecular weight is 302 g/mol. The Kier molecular flexibility index (Phi) is 2.71. The number of hydrogen-bond acceptors (Lipinski definition) is 1. The van der Waals surface area contributed by atoms with Crippen LogP contribution in [0.2, 0.25) is 0 Å². The molecule has 0 aliphatic heterocycles. The second-order valence-corrected chi connectivity index (χ2v) is 8.93. The first-order valence-corrected chi connectivity index (χ1v) is 8.36. The molecule has 1 atom stereocenters. The van der Waals surface area contributed by atoms with E-state index in [1.54, 1.807) is 0 Å². The van der Waals surface area contributed by atoms with Gasteiger partial charge in [-0.3, -0.25) is 4.79 Å². The number of carbonyl (C=O) groups excluding carboxylic acids is 1. The van der Waals surface area contributed by atoms with Gasteiger partial charge in [0.1, 0.15) is 4.33 Å². The predicted molar refractivity (Wildman–Crippen MR) is 76.1 cm³/mol. The van der Waals surface area contributed by atoms with Crippen LogP contribution in [0.1, 0.15) is 38.5 Å². The molecule has 106 valence electrons. The molecule has 2 nitrogen and oxygen atoms in total. The van der Waals surface area contributed by atoms with E-state index in [2.05, 4.69) is 0 Å². The fourth-order valence-corrected chi connectivity index (χ4v) is 5.90. The highest BCUT2D eigenvalue weighted by Gasteiger charge is 2.59. The lowest BCUT2D eigenvalue weighted by Gasteiger charge is -2.56. The largest absolute Gasteiger partial charge is 0.342 e. The van der Waals surface area contributed by atoms with Crippen molar-refractivity contribution in [3.63, 3.8) is 0 Å². The topological polar surface area (TPSA) is 20.3 Å². The van der Waals surface area contributed by atoms with Gasteiger partial charge >= 0.3 is 0 Å². The number of rotatable bonds is 2. The Morgan fingerprint density at radius 3 is 1.95 bits per heavy atom. The molecule has 0 N–H and O–H groups in total. The van der Waals surface area contributed by atoms with Crippen molar-refractivity contribution >= 4 is 29.1 Å². The van der Waals surface area contributed by atoms with E-state index >= 15 is 0 Å². The molecule has 0 radical (unpaired) electrons. The van der Waals surface area contributed by atoms with Crippen LogP contribution >= 0.6 is 23.2 Å². The monoisotopic (exact) mass is 301 g/mol. The van der Waals surface area contributed by atoms with Crippen LogP contribution in [0.5, 0.6) is 0 Å². The van der Waals surface area contributed by atoms with E-state index < -0.39 is 4.33 Å². The van der Waals surface area contributed by atoms with E-state index in [1.165, 1.54) is 32.1 Å². The lowest BCUT2D eigenvalue weighted by atomic mass is 9.54. The minimum absolute atomic E-state index is 0.155. The summed E-state index contributed by atoms with van der Waals surface area (Å²) in [5.74, 6) is 3.40. The molecule has 0 aromatic carbocycles. The van der Waals surface area contributed by atoms with Crippen LogP contribution < -0.4 is 0 Å². The summed E-state index contributed by atoms with van der Waals surface area (Å²) < 4.78 is -0.780. The molecule has 0 heterocycles. The summed E-state index contributed by atoms with van der Waals surface area (Å²) in [6.07, 6.45) is 7.44. The molecule has 19 heavy (non-hydrogen) atoms. The molecule has 1 unspecified atom stereocenters. The van der Waals surface area contributed by atoms with Gasteiger partial charge in [-0.25, -0.2) is 0 Å². The number of nitrogens with zero attached hydrogens (tertiary/aromatic N) is 1. The zero-order valence-corrected chi connectivity index (χ0v) is 12.8. The molecule has 0 saturated heterocycles. The van der Waals surface area contributed by atoms with Crippen molar-refractivity contribution in [3.05, 3.63) is 0 Å². The molecule has 0 aromatic rings. The highest BCUT2D eigenvalue weighted by atomic mass is 35.5. The van der Waals surface area contributed by atoms with Crippen molar-refractivity contribution in [3.8, 4) is 0 Å². The first-order chi connectivity index (χ1) is 8.95. The maximum atomic E-state index is 12.5. The zero-order valence-electron chi connectivity index (χ0n) is 11.3. The SMILES string of the molecule is CN(C(=O)C1CC1(Cl)Cl)C1C2CC3CC(C2)CC1C3. The Balaban J connectivity index is 1.51. The van der Waals surface area contributed by atoms with Crippen LogP contribution in [0.4, 0.5) is 0 Å².